The Kier molecular flexibility index (Phi) is 4.12. The van der Waals surface area contributed by atoms with Crippen LogP contribution in [0.2, 0.25) is 0 Å². The van der Waals surface area contributed by atoms with Gasteiger partial charge in [-0.15, -0.1) is 0 Å². The van der Waals surface area contributed by atoms with Crippen LogP contribution in [0, 0.1) is 6.92 Å². The average molecular weight is 291 g/mol. The number of carbonyl (C=O) groups is 2. The number of anilines is 2. The minimum Gasteiger partial charge on any atom is -0.448 e. The Bertz CT molecular complexity index is 669. The molecule has 0 aliphatic heterocycles. The third-order valence-electron chi connectivity index (χ3n) is 2.45. The maximum absolute atomic E-state index is 11.8. The summed E-state index contributed by atoms with van der Waals surface area (Å²) in [7, 11) is 0. The van der Waals surface area contributed by atoms with Gasteiger partial charge in [0.1, 0.15) is 5.76 Å². The van der Waals surface area contributed by atoms with Gasteiger partial charge in [-0.2, -0.15) is 0 Å². The Morgan fingerprint density at radius 2 is 2.10 bits per heavy atom. The van der Waals surface area contributed by atoms with Crippen molar-refractivity contribution < 1.29 is 18.8 Å². The van der Waals surface area contributed by atoms with Crippen LogP contribution in [0.4, 0.5) is 11.6 Å². The van der Waals surface area contributed by atoms with Crippen LogP contribution in [0.1, 0.15) is 23.2 Å². The third-order valence-corrected chi connectivity index (χ3v) is 2.45. The number of rotatable bonds is 4. The highest BCUT2D eigenvalue weighted by Gasteiger charge is 2.22. The Morgan fingerprint density at radius 1 is 1.38 bits per heavy atom. The van der Waals surface area contributed by atoms with Crippen molar-refractivity contribution in [2.75, 3.05) is 11.1 Å². The number of hydrogen-bond donors (Lipinski definition) is 2. The summed E-state index contributed by atoms with van der Waals surface area (Å²) in [6.45, 7) is 3.09. The van der Waals surface area contributed by atoms with Gasteiger partial charge in [0.25, 0.3) is 5.91 Å². The van der Waals surface area contributed by atoms with Crippen LogP contribution >= 0.6 is 0 Å². The second kappa shape index (κ2) is 5.99. The summed E-state index contributed by atoms with van der Waals surface area (Å²) in [5, 5.41) is 6.05. The maximum Gasteiger partial charge on any atom is 0.361 e. The lowest BCUT2D eigenvalue weighted by Gasteiger charge is -2.12. The molecule has 0 spiro atoms. The first-order valence-corrected chi connectivity index (χ1v) is 5.99. The minimum absolute atomic E-state index is 0.0674. The zero-order valence-corrected chi connectivity index (χ0v) is 11.4. The first-order chi connectivity index (χ1) is 9.97. The monoisotopic (exact) mass is 291 g/mol. The Labute approximate surface area is 119 Å². The molecule has 2 heterocycles. The van der Waals surface area contributed by atoms with Crippen molar-refractivity contribution in [1.82, 2.24) is 15.1 Å². The summed E-state index contributed by atoms with van der Waals surface area (Å²) in [4.78, 5) is 31.1. The van der Waals surface area contributed by atoms with Crippen LogP contribution in [0.25, 0.3) is 0 Å². The number of hydrogen-bond acceptors (Lipinski definition) is 8. The van der Waals surface area contributed by atoms with Crippen LogP contribution in [0.5, 0.6) is 0 Å². The van der Waals surface area contributed by atoms with Crippen molar-refractivity contribution in [3.8, 4) is 0 Å². The molecule has 9 nitrogen and oxygen atoms in total. The van der Waals surface area contributed by atoms with E-state index in [0.29, 0.717) is 5.76 Å². The molecule has 0 bridgehead atoms. The predicted octanol–water partition coefficient (Wildman–Crippen LogP) is 0.539. The topological polar surface area (TPSA) is 133 Å². The molecule has 2 aromatic rings. The first-order valence-electron chi connectivity index (χ1n) is 5.99. The summed E-state index contributed by atoms with van der Waals surface area (Å²) >= 11 is 0. The molecule has 0 radical (unpaired) electrons. The van der Waals surface area contributed by atoms with Crippen molar-refractivity contribution in [3.63, 3.8) is 0 Å². The molecule has 0 aliphatic rings. The van der Waals surface area contributed by atoms with E-state index in [1.165, 1.54) is 25.4 Å². The number of aryl methyl sites for hydroxylation is 1. The molecular formula is C12H13N5O4. The van der Waals surface area contributed by atoms with Crippen LogP contribution in [0.15, 0.2) is 23.0 Å². The Hall–Kier alpha value is -2.97. The number of aromatic nitrogens is 3. The number of amides is 1. The predicted molar refractivity (Wildman–Crippen MR) is 71.2 cm³/mol. The lowest BCUT2D eigenvalue weighted by Crippen LogP contribution is -2.30. The fraction of sp³-hybridized carbons (Fsp3) is 0.250. The number of nitrogens with two attached hydrogens (primary N) is 1. The smallest absolute Gasteiger partial charge is 0.361 e. The molecule has 9 heteroatoms. The van der Waals surface area contributed by atoms with Crippen molar-refractivity contribution >= 4 is 23.5 Å². The molecule has 0 unspecified atom stereocenters. The highest BCUT2D eigenvalue weighted by atomic mass is 16.5. The van der Waals surface area contributed by atoms with E-state index in [9.17, 15) is 9.59 Å². The van der Waals surface area contributed by atoms with Gasteiger partial charge in [-0.05, 0) is 13.8 Å². The van der Waals surface area contributed by atoms with Gasteiger partial charge in [0.15, 0.2) is 23.4 Å². The van der Waals surface area contributed by atoms with E-state index in [4.69, 9.17) is 15.0 Å². The number of nitrogen functional groups attached to an aromatic ring is 1. The number of esters is 1. The molecular weight excluding hydrogens is 278 g/mol. The van der Waals surface area contributed by atoms with Gasteiger partial charge in [-0.3, -0.25) is 4.79 Å². The third kappa shape index (κ3) is 3.53. The second-order valence-electron chi connectivity index (χ2n) is 4.15. The number of ether oxygens (including phenoxy) is 1. The Balaban J connectivity index is 1.97. The molecule has 0 aromatic carbocycles. The molecule has 2 aromatic heterocycles. The Morgan fingerprint density at radius 3 is 2.71 bits per heavy atom. The van der Waals surface area contributed by atoms with Crippen molar-refractivity contribution in [3.05, 3.63) is 29.9 Å². The highest BCUT2D eigenvalue weighted by molar-refractivity contribution is 5.97. The number of nitrogens with one attached hydrogen (secondary N) is 1. The SMILES string of the molecule is Cc1cc(NC(=O)[C@@H](C)OC(=O)c2nccnc2N)no1. The molecule has 0 aliphatic carbocycles. The fourth-order valence-corrected chi connectivity index (χ4v) is 1.43. The number of nitrogens with zero attached hydrogens (tertiary/aromatic N) is 3. The van der Waals surface area contributed by atoms with Crippen molar-refractivity contribution in [2.45, 2.75) is 20.0 Å². The largest absolute Gasteiger partial charge is 0.448 e. The standard InChI is InChI=1S/C12H13N5O4/c1-6-5-8(17-21-6)16-11(18)7(2)20-12(19)9-10(13)15-4-3-14-9/h3-5,7H,1-2H3,(H2,13,15)(H,16,17,18)/t7-/m1/s1. The quantitative estimate of drug-likeness (QED) is 0.779. The lowest BCUT2D eigenvalue weighted by atomic mass is 10.3. The molecule has 1 amide bonds. The van der Waals surface area contributed by atoms with Crippen LogP contribution in [-0.4, -0.2) is 33.1 Å². The summed E-state index contributed by atoms with van der Waals surface area (Å²) in [6, 6.07) is 1.53. The van der Waals surface area contributed by atoms with Crippen molar-refractivity contribution in [1.29, 1.82) is 0 Å². The maximum atomic E-state index is 11.8. The van der Waals surface area contributed by atoms with E-state index >= 15 is 0 Å². The second-order valence-corrected chi connectivity index (χ2v) is 4.15. The van der Waals surface area contributed by atoms with E-state index < -0.39 is 18.0 Å². The molecule has 1 atom stereocenters. The molecule has 0 saturated carbocycles. The molecule has 2 rings (SSSR count). The van der Waals surface area contributed by atoms with Gasteiger partial charge in [0.2, 0.25) is 0 Å². The zero-order chi connectivity index (χ0) is 15.4. The fourth-order valence-electron chi connectivity index (χ4n) is 1.43. The van der Waals surface area contributed by atoms with Gasteiger partial charge < -0.3 is 20.3 Å². The molecule has 110 valence electrons. The summed E-state index contributed by atoms with van der Waals surface area (Å²) in [6.07, 6.45) is 1.58. The minimum atomic E-state index is -1.06. The van der Waals surface area contributed by atoms with E-state index in [1.807, 2.05) is 0 Å². The molecule has 3 N–H and O–H groups in total. The van der Waals surface area contributed by atoms with Crippen molar-refractivity contribution in [2.24, 2.45) is 0 Å². The van der Waals surface area contributed by atoms with E-state index in [2.05, 4.69) is 20.4 Å². The highest BCUT2D eigenvalue weighted by Crippen LogP contribution is 2.10. The van der Waals surface area contributed by atoms with Gasteiger partial charge in [0, 0.05) is 18.5 Å². The summed E-state index contributed by atoms with van der Waals surface area (Å²) < 4.78 is 9.77. The van der Waals surface area contributed by atoms with Crippen LogP contribution < -0.4 is 11.1 Å². The van der Waals surface area contributed by atoms with Gasteiger partial charge in [-0.25, -0.2) is 14.8 Å². The molecule has 0 fully saturated rings. The lowest BCUT2D eigenvalue weighted by molar-refractivity contribution is -0.123. The average Bonchev–Trinajstić information content (AvgIpc) is 2.84. The van der Waals surface area contributed by atoms with E-state index in [0.717, 1.165) is 0 Å². The van der Waals surface area contributed by atoms with Gasteiger partial charge >= 0.3 is 5.97 Å². The molecule has 21 heavy (non-hydrogen) atoms. The summed E-state index contributed by atoms with van der Waals surface area (Å²) in [5.74, 6) is -0.678. The van der Waals surface area contributed by atoms with E-state index in [1.54, 1.807) is 6.92 Å². The van der Waals surface area contributed by atoms with Crippen LogP contribution in [-0.2, 0) is 9.53 Å². The molecule has 0 saturated heterocycles. The van der Waals surface area contributed by atoms with E-state index in [-0.39, 0.29) is 17.3 Å². The zero-order valence-electron chi connectivity index (χ0n) is 11.4. The summed E-state index contributed by atoms with van der Waals surface area (Å²) in [5.41, 5.74) is 5.36. The normalized spacial score (nSPS) is 11.7. The number of carbonyl (C=O) groups excluding carboxylic acids is 2. The van der Waals surface area contributed by atoms with Gasteiger partial charge in [-0.1, -0.05) is 5.16 Å². The first kappa shape index (κ1) is 14.4. The van der Waals surface area contributed by atoms with Crippen LogP contribution in [0.3, 0.4) is 0 Å². The van der Waals surface area contributed by atoms with Gasteiger partial charge in [0.05, 0.1) is 0 Å².